The first kappa shape index (κ1) is 19.4. The van der Waals surface area contributed by atoms with E-state index in [1.807, 2.05) is 11.3 Å². The molecule has 0 amide bonds. The van der Waals surface area contributed by atoms with Crippen molar-refractivity contribution >= 4 is 17.3 Å². The van der Waals surface area contributed by atoms with Crippen molar-refractivity contribution in [3.8, 4) is 0 Å². The SMILES string of the molecule is CCNC(=NCC(c1cccs1)N1CCOCC1)NCC1Cc2ccccc21. The second kappa shape index (κ2) is 9.54. The molecule has 5 nitrogen and oxygen atoms in total. The Labute approximate surface area is 171 Å². The fraction of sp³-hybridized carbons (Fsp3) is 0.500. The van der Waals surface area contributed by atoms with Gasteiger partial charge in [0.25, 0.3) is 0 Å². The molecule has 28 heavy (non-hydrogen) atoms. The quantitative estimate of drug-likeness (QED) is 0.556. The number of aliphatic imine (C=N–C) groups is 1. The minimum Gasteiger partial charge on any atom is -0.379 e. The Morgan fingerprint density at radius 3 is 2.82 bits per heavy atom. The average molecular weight is 399 g/mol. The summed E-state index contributed by atoms with van der Waals surface area (Å²) in [5, 5.41) is 9.14. The normalized spacial score (nSPS) is 20.9. The number of thiophene rings is 1. The smallest absolute Gasteiger partial charge is 0.191 e. The van der Waals surface area contributed by atoms with Crippen LogP contribution in [-0.4, -0.2) is 56.8 Å². The van der Waals surface area contributed by atoms with Crippen LogP contribution in [0.3, 0.4) is 0 Å². The number of rotatable bonds is 7. The Morgan fingerprint density at radius 1 is 1.21 bits per heavy atom. The summed E-state index contributed by atoms with van der Waals surface area (Å²) in [7, 11) is 0. The maximum absolute atomic E-state index is 5.55. The molecule has 6 heteroatoms. The number of nitrogens with zero attached hydrogens (tertiary/aromatic N) is 2. The number of ether oxygens (including phenoxy) is 1. The van der Waals surface area contributed by atoms with Gasteiger partial charge in [0.1, 0.15) is 0 Å². The minimum atomic E-state index is 0.323. The zero-order chi connectivity index (χ0) is 19.2. The van der Waals surface area contributed by atoms with Crippen LogP contribution in [0.25, 0.3) is 0 Å². The van der Waals surface area contributed by atoms with E-state index in [2.05, 4.69) is 64.2 Å². The zero-order valence-electron chi connectivity index (χ0n) is 16.6. The standard InChI is InChI=1S/C22H30N4OS/c1-2-23-22(24-15-18-14-17-6-3-4-7-19(17)18)25-16-20(21-8-5-13-28-21)26-9-11-27-12-10-26/h3-8,13,18,20H,2,9-12,14-16H2,1H3,(H2,23,24,25). The Bertz CT molecular complexity index is 771. The maximum atomic E-state index is 5.55. The van der Waals surface area contributed by atoms with Crippen LogP contribution in [0.5, 0.6) is 0 Å². The molecule has 2 N–H and O–H groups in total. The highest BCUT2D eigenvalue weighted by atomic mass is 32.1. The Morgan fingerprint density at radius 2 is 2.07 bits per heavy atom. The van der Waals surface area contributed by atoms with Crippen molar-refractivity contribution in [2.45, 2.75) is 25.3 Å². The third kappa shape index (κ3) is 4.57. The molecule has 2 atom stereocenters. The summed E-state index contributed by atoms with van der Waals surface area (Å²) in [5.41, 5.74) is 2.97. The lowest BCUT2D eigenvalue weighted by Crippen LogP contribution is -2.43. The molecule has 0 radical (unpaired) electrons. The van der Waals surface area contributed by atoms with Gasteiger partial charge in [-0.1, -0.05) is 30.3 Å². The van der Waals surface area contributed by atoms with Crippen molar-refractivity contribution < 1.29 is 4.74 Å². The molecule has 4 rings (SSSR count). The Balaban J connectivity index is 1.39. The molecule has 150 valence electrons. The summed E-state index contributed by atoms with van der Waals surface area (Å²) in [6.07, 6.45) is 1.16. The Hall–Kier alpha value is -1.89. The molecule has 2 aliphatic rings. The highest BCUT2D eigenvalue weighted by molar-refractivity contribution is 7.10. The third-order valence-corrected chi connectivity index (χ3v) is 6.58. The van der Waals surface area contributed by atoms with E-state index >= 15 is 0 Å². The van der Waals surface area contributed by atoms with Crippen molar-refractivity contribution in [1.82, 2.24) is 15.5 Å². The lowest BCUT2D eigenvalue weighted by Gasteiger charge is -2.33. The molecule has 1 fully saturated rings. The molecule has 1 aromatic heterocycles. The van der Waals surface area contributed by atoms with Crippen molar-refractivity contribution in [2.75, 3.05) is 45.9 Å². The fourth-order valence-electron chi connectivity index (χ4n) is 4.04. The molecular formula is C22H30N4OS. The summed E-state index contributed by atoms with van der Waals surface area (Å²) < 4.78 is 5.55. The van der Waals surface area contributed by atoms with Gasteiger partial charge in [-0.3, -0.25) is 9.89 Å². The summed E-state index contributed by atoms with van der Waals surface area (Å²) >= 11 is 1.82. The van der Waals surface area contributed by atoms with E-state index in [9.17, 15) is 0 Å². The topological polar surface area (TPSA) is 48.9 Å². The average Bonchev–Trinajstić information content (AvgIpc) is 3.24. The van der Waals surface area contributed by atoms with Gasteiger partial charge in [0.05, 0.1) is 25.8 Å². The highest BCUT2D eigenvalue weighted by Gasteiger charge is 2.26. The molecular weight excluding hydrogens is 368 g/mol. The first-order chi connectivity index (χ1) is 13.8. The van der Waals surface area contributed by atoms with E-state index in [0.717, 1.165) is 58.3 Å². The largest absolute Gasteiger partial charge is 0.379 e. The van der Waals surface area contributed by atoms with Gasteiger partial charge in [0, 0.05) is 37.0 Å². The number of fused-ring (bicyclic) bond motifs is 1. The molecule has 0 spiro atoms. The van der Waals surface area contributed by atoms with Crippen molar-refractivity contribution in [1.29, 1.82) is 0 Å². The number of hydrogen-bond acceptors (Lipinski definition) is 4. The summed E-state index contributed by atoms with van der Waals surface area (Å²) in [6.45, 7) is 8.25. The summed E-state index contributed by atoms with van der Waals surface area (Å²) in [5.74, 6) is 1.51. The maximum Gasteiger partial charge on any atom is 0.191 e. The van der Waals surface area contributed by atoms with Crippen LogP contribution in [0.15, 0.2) is 46.8 Å². The van der Waals surface area contributed by atoms with Crippen molar-refractivity contribution in [3.63, 3.8) is 0 Å². The molecule has 1 aliphatic heterocycles. The van der Waals surface area contributed by atoms with Gasteiger partial charge in [-0.15, -0.1) is 11.3 Å². The molecule has 1 aromatic carbocycles. The first-order valence-corrected chi connectivity index (χ1v) is 11.2. The molecule has 2 aromatic rings. The zero-order valence-corrected chi connectivity index (χ0v) is 17.4. The van der Waals surface area contributed by atoms with Crippen molar-refractivity contribution in [2.24, 2.45) is 4.99 Å². The van der Waals surface area contributed by atoms with Crippen molar-refractivity contribution in [3.05, 3.63) is 57.8 Å². The van der Waals surface area contributed by atoms with Gasteiger partial charge in [-0.2, -0.15) is 0 Å². The highest BCUT2D eigenvalue weighted by Crippen LogP contribution is 2.34. The van der Waals surface area contributed by atoms with E-state index in [1.165, 1.54) is 16.0 Å². The molecule has 2 heterocycles. The molecule has 2 unspecified atom stereocenters. The monoisotopic (exact) mass is 398 g/mol. The summed E-state index contributed by atoms with van der Waals surface area (Å²) in [6, 6.07) is 13.4. The van der Waals surface area contributed by atoms with Gasteiger partial charge in [0.2, 0.25) is 0 Å². The van der Waals surface area contributed by atoms with Crippen LogP contribution in [0, 0.1) is 0 Å². The Kier molecular flexibility index (Phi) is 6.62. The van der Waals surface area contributed by atoms with Crippen LogP contribution in [-0.2, 0) is 11.2 Å². The van der Waals surface area contributed by atoms with E-state index in [0.29, 0.717) is 12.0 Å². The third-order valence-electron chi connectivity index (χ3n) is 5.60. The molecule has 1 saturated heterocycles. The number of nitrogens with one attached hydrogen (secondary N) is 2. The second-order valence-corrected chi connectivity index (χ2v) is 8.36. The number of benzene rings is 1. The van der Waals surface area contributed by atoms with E-state index in [-0.39, 0.29) is 0 Å². The van der Waals surface area contributed by atoms with Crippen LogP contribution < -0.4 is 10.6 Å². The predicted molar refractivity (Wildman–Crippen MR) is 116 cm³/mol. The van der Waals surface area contributed by atoms with Gasteiger partial charge < -0.3 is 15.4 Å². The van der Waals surface area contributed by atoms with E-state index in [1.54, 1.807) is 0 Å². The van der Waals surface area contributed by atoms with Gasteiger partial charge in [-0.05, 0) is 35.9 Å². The summed E-state index contributed by atoms with van der Waals surface area (Å²) in [4.78, 5) is 8.84. The lowest BCUT2D eigenvalue weighted by atomic mass is 9.78. The number of guanidine groups is 1. The lowest BCUT2D eigenvalue weighted by molar-refractivity contribution is 0.0186. The van der Waals surface area contributed by atoms with Crippen LogP contribution in [0.1, 0.15) is 34.9 Å². The van der Waals surface area contributed by atoms with Gasteiger partial charge >= 0.3 is 0 Å². The van der Waals surface area contributed by atoms with Crippen LogP contribution in [0.2, 0.25) is 0 Å². The second-order valence-electron chi connectivity index (χ2n) is 7.38. The van der Waals surface area contributed by atoms with E-state index in [4.69, 9.17) is 9.73 Å². The molecule has 1 aliphatic carbocycles. The van der Waals surface area contributed by atoms with Crippen LogP contribution >= 0.6 is 11.3 Å². The van der Waals surface area contributed by atoms with Crippen LogP contribution in [0.4, 0.5) is 0 Å². The van der Waals surface area contributed by atoms with Gasteiger partial charge in [-0.25, -0.2) is 0 Å². The first-order valence-electron chi connectivity index (χ1n) is 10.3. The van der Waals surface area contributed by atoms with Gasteiger partial charge in [0.15, 0.2) is 5.96 Å². The number of morpholine rings is 1. The van der Waals surface area contributed by atoms with E-state index < -0.39 is 0 Å². The number of hydrogen-bond donors (Lipinski definition) is 2. The fourth-order valence-corrected chi connectivity index (χ4v) is 4.89. The minimum absolute atomic E-state index is 0.323. The predicted octanol–water partition coefficient (Wildman–Crippen LogP) is 3.02. The molecule has 0 saturated carbocycles. The molecule has 0 bridgehead atoms.